The lowest BCUT2D eigenvalue weighted by atomic mass is 9.90. The zero-order valence-corrected chi connectivity index (χ0v) is 11.8. The van der Waals surface area contributed by atoms with Crippen molar-refractivity contribution in [2.75, 3.05) is 11.9 Å². The first-order valence-corrected chi connectivity index (χ1v) is 7.52. The Labute approximate surface area is 113 Å². The molecule has 1 atom stereocenters. The van der Waals surface area contributed by atoms with Gasteiger partial charge in [0.1, 0.15) is 0 Å². The Balaban J connectivity index is 1.89. The average Bonchev–Trinajstić information content (AvgIpc) is 2.91. The fraction of sp³-hybridized carbons (Fsp3) is 0.375. The molecule has 0 fully saturated rings. The molecule has 0 amide bonds. The van der Waals surface area contributed by atoms with Gasteiger partial charge in [-0.3, -0.25) is 0 Å². The van der Waals surface area contributed by atoms with Crippen LogP contribution in [0, 0.1) is 0 Å². The van der Waals surface area contributed by atoms with Gasteiger partial charge in [-0.1, -0.05) is 32.0 Å². The number of hydrogen-bond acceptors (Lipinski definition) is 2. The first kappa shape index (κ1) is 11.8. The van der Waals surface area contributed by atoms with Crippen LogP contribution in [0.1, 0.15) is 41.7 Å². The molecule has 2 heteroatoms. The molecule has 3 rings (SSSR count). The van der Waals surface area contributed by atoms with E-state index in [4.69, 9.17) is 0 Å². The van der Waals surface area contributed by atoms with Crippen molar-refractivity contribution < 1.29 is 0 Å². The Bertz CT molecular complexity index is 528. The average molecular weight is 257 g/mol. The highest BCUT2D eigenvalue weighted by atomic mass is 32.1. The van der Waals surface area contributed by atoms with E-state index in [-0.39, 0.29) is 0 Å². The minimum Gasteiger partial charge on any atom is -0.384 e. The predicted octanol–water partition coefficient (Wildman–Crippen LogP) is 4.62. The molecule has 1 aliphatic heterocycles. The number of anilines is 1. The lowest BCUT2D eigenvalue weighted by Gasteiger charge is -2.26. The standard InChI is InChI=1S/C16H19NS/c1-11(2)12-5-6-15-13(8-12)9-14(10-17-15)16-4-3-7-18-16/h3-8,11,14,17H,9-10H2,1-2H3. The highest BCUT2D eigenvalue weighted by Crippen LogP contribution is 2.34. The normalized spacial score (nSPS) is 18.5. The van der Waals surface area contributed by atoms with Crippen LogP contribution in [0.15, 0.2) is 35.7 Å². The first-order valence-electron chi connectivity index (χ1n) is 6.64. The van der Waals surface area contributed by atoms with Crippen LogP contribution < -0.4 is 5.32 Å². The maximum absolute atomic E-state index is 3.57. The molecular formula is C16H19NS. The second-order valence-corrected chi connectivity index (χ2v) is 6.35. The maximum atomic E-state index is 3.57. The van der Waals surface area contributed by atoms with Crippen LogP contribution in [0.3, 0.4) is 0 Å². The molecule has 18 heavy (non-hydrogen) atoms. The first-order chi connectivity index (χ1) is 8.74. The van der Waals surface area contributed by atoms with Crippen molar-refractivity contribution in [1.82, 2.24) is 0 Å². The van der Waals surface area contributed by atoms with Gasteiger partial charge in [-0.2, -0.15) is 0 Å². The van der Waals surface area contributed by atoms with Gasteiger partial charge in [-0.05, 0) is 41.0 Å². The highest BCUT2D eigenvalue weighted by molar-refractivity contribution is 7.10. The quantitative estimate of drug-likeness (QED) is 0.827. The van der Waals surface area contributed by atoms with E-state index in [1.54, 1.807) is 0 Å². The number of thiophene rings is 1. The molecular weight excluding hydrogens is 238 g/mol. The van der Waals surface area contributed by atoms with Crippen LogP contribution in [0.4, 0.5) is 5.69 Å². The van der Waals surface area contributed by atoms with Gasteiger partial charge in [0.2, 0.25) is 0 Å². The van der Waals surface area contributed by atoms with Crippen LogP contribution >= 0.6 is 11.3 Å². The molecule has 0 spiro atoms. The van der Waals surface area contributed by atoms with Gasteiger partial charge in [-0.15, -0.1) is 11.3 Å². The fourth-order valence-corrected chi connectivity index (χ4v) is 3.44. The number of fused-ring (bicyclic) bond motifs is 1. The molecule has 1 nitrogen and oxygen atoms in total. The molecule has 0 radical (unpaired) electrons. The summed E-state index contributed by atoms with van der Waals surface area (Å²) in [4.78, 5) is 1.50. The van der Waals surface area contributed by atoms with Gasteiger partial charge in [-0.25, -0.2) is 0 Å². The summed E-state index contributed by atoms with van der Waals surface area (Å²) < 4.78 is 0. The van der Waals surface area contributed by atoms with Crippen molar-refractivity contribution in [3.05, 3.63) is 51.7 Å². The fourth-order valence-electron chi connectivity index (χ4n) is 2.61. The molecule has 1 unspecified atom stereocenters. The van der Waals surface area contributed by atoms with Crippen molar-refractivity contribution in [2.24, 2.45) is 0 Å². The lowest BCUT2D eigenvalue weighted by Crippen LogP contribution is -2.21. The molecule has 2 aromatic rings. The van der Waals surface area contributed by atoms with Crippen LogP contribution in [-0.2, 0) is 6.42 Å². The van der Waals surface area contributed by atoms with Crippen LogP contribution in [0.25, 0.3) is 0 Å². The molecule has 1 aromatic carbocycles. The Hall–Kier alpha value is -1.28. The van der Waals surface area contributed by atoms with Gasteiger partial charge < -0.3 is 5.32 Å². The van der Waals surface area contributed by atoms with E-state index in [1.165, 1.54) is 28.1 Å². The second-order valence-electron chi connectivity index (χ2n) is 5.37. The zero-order valence-electron chi connectivity index (χ0n) is 10.9. The third-order valence-corrected chi connectivity index (χ3v) is 4.78. The minimum absolute atomic E-state index is 0.609. The van der Waals surface area contributed by atoms with E-state index >= 15 is 0 Å². The van der Waals surface area contributed by atoms with Gasteiger partial charge in [0.05, 0.1) is 0 Å². The lowest BCUT2D eigenvalue weighted by molar-refractivity contribution is 0.704. The van der Waals surface area contributed by atoms with Crippen molar-refractivity contribution in [2.45, 2.75) is 32.1 Å². The van der Waals surface area contributed by atoms with Crippen molar-refractivity contribution in [3.8, 4) is 0 Å². The summed E-state index contributed by atoms with van der Waals surface area (Å²) in [5, 5.41) is 5.75. The van der Waals surface area contributed by atoms with Gasteiger partial charge in [0.25, 0.3) is 0 Å². The molecule has 94 valence electrons. The molecule has 0 saturated heterocycles. The number of hydrogen-bond donors (Lipinski definition) is 1. The summed E-state index contributed by atoms with van der Waals surface area (Å²) in [6, 6.07) is 11.3. The van der Waals surface area contributed by atoms with Crippen LogP contribution in [0.2, 0.25) is 0 Å². The monoisotopic (exact) mass is 257 g/mol. The molecule has 1 N–H and O–H groups in total. The molecule has 0 bridgehead atoms. The summed E-state index contributed by atoms with van der Waals surface area (Å²) in [6.45, 7) is 5.58. The molecule has 2 heterocycles. The van der Waals surface area contributed by atoms with Crippen LogP contribution in [0.5, 0.6) is 0 Å². The molecule has 1 aromatic heterocycles. The van der Waals surface area contributed by atoms with Crippen molar-refractivity contribution in [3.63, 3.8) is 0 Å². The third kappa shape index (κ3) is 2.17. The van der Waals surface area contributed by atoms with E-state index in [1.807, 2.05) is 11.3 Å². The summed E-state index contributed by atoms with van der Waals surface area (Å²) in [7, 11) is 0. The molecule has 0 saturated carbocycles. The largest absolute Gasteiger partial charge is 0.384 e. The Morgan fingerprint density at radius 3 is 2.89 bits per heavy atom. The highest BCUT2D eigenvalue weighted by Gasteiger charge is 2.20. The van der Waals surface area contributed by atoms with E-state index in [9.17, 15) is 0 Å². The van der Waals surface area contributed by atoms with E-state index in [0.717, 1.165) is 6.54 Å². The molecule has 1 aliphatic rings. The van der Waals surface area contributed by atoms with E-state index < -0.39 is 0 Å². The van der Waals surface area contributed by atoms with Gasteiger partial charge in [0, 0.05) is 23.0 Å². The Morgan fingerprint density at radius 2 is 2.17 bits per heavy atom. The van der Waals surface area contributed by atoms with Gasteiger partial charge >= 0.3 is 0 Å². The third-order valence-electron chi connectivity index (χ3n) is 3.75. The number of benzene rings is 1. The minimum atomic E-state index is 0.609. The van der Waals surface area contributed by atoms with E-state index in [2.05, 4.69) is 54.9 Å². The smallest absolute Gasteiger partial charge is 0.0373 e. The van der Waals surface area contributed by atoms with Gasteiger partial charge in [0.15, 0.2) is 0 Å². The Kier molecular flexibility index (Phi) is 3.13. The zero-order chi connectivity index (χ0) is 12.5. The summed E-state index contributed by atoms with van der Waals surface area (Å²) >= 11 is 1.87. The van der Waals surface area contributed by atoms with Crippen LogP contribution in [-0.4, -0.2) is 6.54 Å². The van der Waals surface area contributed by atoms with E-state index in [0.29, 0.717) is 11.8 Å². The number of rotatable bonds is 2. The Morgan fingerprint density at radius 1 is 1.28 bits per heavy atom. The van der Waals surface area contributed by atoms with Crippen molar-refractivity contribution >= 4 is 17.0 Å². The number of nitrogens with one attached hydrogen (secondary N) is 1. The summed E-state index contributed by atoms with van der Waals surface area (Å²) in [6.07, 6.45) is 1.17. The predicted molar refractivity (Wildman–Crippen MR) is 79.8 cm³/mol. The second kappa shape index (κ2) is 4.77. The topological polar surface area (TPSA) is 12.0 Å². The summed E-state index contributed by atoms with van der Waals surface area (Å²) in [5.41, 5.74) is 4.25. The SMILES string of the molecule is CC(C)c1ccc2c(c1)CC(c1cccs1)CN2. The maximum Gasteiger partial charge on any atom is 0.0373 e. The van der Waals surface area contributed by atoms with Crippen molar-refractivity contribution in [1.29, 1.82) is 0 Å². The molecule has 0 aliphatic carbocycles. The summed E-state index contributed by atoms with van der Waals surface area (Å²) in [5.74, 6) is 1.25.